The normalized spacial score (nSPS) is 11.6. The average molecular weight is 388 g/mol. The van der Waals surface area contributed by atoms with E-state index < -0.39 is 9.84 Å². The molecule has 1 N–H and O–H groups in total. The van der Waals surface area contributed by atoms with Gasteiger partial charge in [0.1, 0.15) is 5.75 Å². The lowest BCUT2D eigenvalue weighted by Gasteiger charge is -2.16. The molecule has 0 heterocycles. The maximum Gasteiger partial charge on any atom is 0.207 e. The highest BCUT2D eigenvalue weighted by Gasteiger charge is 2.25. The lowest BCUT2D eigenvalue weighted by molar-refractivity contribution is 0.479. The summed E-state index contributed by atoms with van der Waals surface area (Å²) in [5.74, 6) is -0.0379. The van der Waals surface area contributed by atoms with Gasteiger partial charge in [-0.05, 0) is 43.0 Å². The van der Waals surface area contributed by atoms with Crippen LogP contribution in [-0.4, -0.2) is 13.5 Å². The van der Waals surface area contributed by atoms with E-state index >= 15 is 0 Å². The Hall–Kier alpha value is -3.11. The van der Waals surface area contributed by atoms with Crippen molar-refractivity contribution >= 4 is 20.6 Å². The first-order chi connectivity index (χ1) is 13.4. The number of rotatable bonds is 3. The van der Waals surface area contributed by atoms with Crippen LogP contribution in [0.15, 0.2) is 88.7 Å². The maximum absolute atomic E-state index is 13.5. The maximum atomic E-state index is 13.5. The highest BCUT2D eigenvalue weighted by molar-refractivity contribution is 7.91. The van der Waals surface area contributed by atoms with Crippen LogP contribution in [0.25, 0.3) is 21.9 Å². The second-order valence-electron chi connectivity index (χ2n) is 7.00. The lowest BCUT2D eigenvalue weighted by atomic mass is 9.96. The topological polar surface area (TPSA) is 54.4 Å². The number of fused-ring (bicyclic) bond motifs is 1. The van der Waals surface area contributed by atoms with Crippen LogP contribution in [0.3, 0.4) is 0 Å². The summed E-state index contributed by atoms with van der Waals surface area (Å²) in [7, 11) is -3.82. The molecule has 0 radical (unpaired) electrons. The lowest BCUT2D eigenvalue weighted by Crippen LogP contribution is -2.05. The fourth-order valence-corrected chi connectivity index (χ4v) is 4.97. The number of benzene rings is 4. The zero-order chi connectivity index (χ0) is 19.9. The summed E-state index contributed by atoms with van der Waals surface area (Å²) in [6.07, 6.45) is 0. The molecule has 4 rings (SSSR count). The Bertz CT molecular complexity index is 1270. The first-order valence-electron chi connectivity index (χ1n) is 9.01. The van der Waals surface area contributed by atoms with E-state index in [-0.39, 0.29) is 15.5 Å². The molecule has 0 bridgehead atoms. The molecule has 0 aliphatic carbocycles. The van der Waals surface area contributed by atoms with Gasteiger partial charge in [0.15, 0.2) is 0 Å². The number of aryl methyl sites for hydroxylation is 2. The fraction of sp³-hybridized carbons (Fsp3) is 0.0833. The SMILES string of the molecule is Cc1ccc(S(=O)(=O)c2cc(O)c3cc(C)ccc3c2-c2ccccc2)cc1. The standard InChI is InChI=1S/C24H20O3S/c1-16-8-11-19(12-9-16)28(26,27)23-15-22(25)21-14-17(2)10-13-20(21)24(23)18-6-4-3-5-7-18/h3-15,25H,1-2H3. The summed E-state index contributed by atoms with van der Waals surface area (Å²) in [4.78, 5) is 0.317. The van der Waals surface area contributed by atoms with Gasteiger partial charge in [-0.1, -0.05) is 65.7 Å². The Morgan fingerprint density at radius 3 is 2.04 bits per heavy atom. The van der Waals surface area contributed by atoms with E-state index in [1.165, 1.54) is 6.07 Å². The van der Waals surface area contributed by atoms with Crippen molar-refractivity contribution in [3.63, 3.8) is 0 Å². The van der Waals surface area contributed by atoms with Crippen molar-refractivity contribution in [2.75, 3.05) is 0 Å². The van der Waals surface area contributed by atoms with E-state index in [9.17, 15) is 13.5 Å². The minimum absolute atomic E-state index is 0.0379. The Balaban J connectivity index is 2.11. The van der Waals surface area contributed by atoms with Gasteiger partial charge in [-0.2, -0.15) is 0 Å². The predicted molar refractivity (Wildman–Crippen MR) is 112 cm³/mol. The monoisotopic (exact) mass is 388 g/mol. The van der Waals surface area contributed by atoms with Gasteiger partial charge in [-0.3, -0.25) is 0 Å². The molecule has 3 nitrogen and oxygen atoms in total. The molecule has 0 amide bonds. The van der Waals surface area contributed by atoms with Crippen molar-refractivity contribution in [1.29, 1.82) is 0 Å². The first kappa shape index (κ1) is 18.3. The van der Waals surface area contributed by atoms with Crippen LogP contribution in [0, 0.1) is 13.8 Å². The third-order valence-electron chi connectivity index (χ3n) is 4.92. The van der Waals surface area contributed by atoms with Gasteiger partial charge in [-0.25, -0.2) is 8.42 Å². The molecule has 0 saturated heterocycles. The van der Waals surface area contributed by atoms with E-state index in [1.807, 2.05) is 62.4 Å². The highest BCUT2D eigenvalue weighted by atomic mass is 32.2. The quantitative estimate of drug-likeness (QED) is 0.492. The van der Waals surface area contributed by atoms with E-state index in [1.54, 1.807) is 24.3 Å². The van der Waals surface area contributed by atoms with Gasteiger partial charge in [0.2, 0.25) is 9.84 Å². The van der Waals surface area contributed by atoms with Gasteiger partial charge in [-0.15, -0.1) is 0 Å². The number of phenolic OH excluding ortho intramolecular Hbond substituents is 1. The molecule has 140 valence electrons. The predicted octanol–water partition coefficient (Wildman–Crippen LogP) is 5.66. The molecule has 0 unspecified atom stereocenters. The van der Waals surface area contributed by atoms with E-state index in [0.717, 1.165) is 16.7 Å². The molecular formula is C24H20O3S. The molecule has 0 spiro atoms. The third kappa shape index (κ3) is 3.06. The number of sulfone groups is 1. The minimum Gasteiger partial charge on any atom is -0.507 e. The second-order valence-corrected chi connectivity index (χ2v) is 8.92. The van der Waals surface area contributed by atoms with Crippen molar-refractivity contribution in [2.45, 2.75) is 23.6 Å². The van der Waals surface area contributed by atoms with Crippen molar-refractivity contribution in [1.82, 2.24) is 0 Å². The smallest absolute Gasteiger partial charge is 0.207 e. The van der Waals surface area contributed by atoms with Gasteiger partial charge >= 0.3 is 0 Å². The van der Waals surface area contributed by atoms with Crippen LogP contribution >= 0.6 is 0 Å². The van der Waals surface area contributed by atoms with Crippen molar-refractivity contribution in [3.05, 3.63) is 90.0 Å². The summed E-state index contributed by atoms with van der Waals surface area (Å²) in [6.45, 7) is 3.86. The summed E-state index contributed by atoms with van der Waals surface area (Å²) >= 11 is 0. The molecule has 28 heavy (non-hydrogen) atoms. The van der Waals surface area contributed by atoms with E-state index in [2.05, 4.69) is 0 Å². The fourth-order valence-electron chi connectivity index (χ4n) is 3.45. The Morgan fingerprint density at radius 1 is 0.714 bits per heavy atom. The molecule has 0 saturated carbocycles. The summed E-state index contributed by atoms with van der Waals surface area (Å²) in [5.41, 5.74) is 3.38. The van der Waals surface area contributed by atoms with Crippen LogP contribution in [0.1, 0.15) is 11.1 Å². The Morgan fingerprint density at radius 2 is 1.36 bits per heavy atom. The first-order valence-corrected chi connectivity index (χ1v) is 10.5. The van der Waals surface area contributed by atoms with Crippen LogP contribution in [0.2, 0.25) is 0 Å². The molecule has 4 aromatic rings. The number of aromatic hydroxyl groups is 1. The van der Waals surface area contributed by atoms with Crippen LogP contribution in [0.5, 0.6) is 5.75 Å². The summed E-state index contributed by atoms with van der Waals surface area (Å²) < 4.78 is 27.0. The van der Waals surface area contributed by atoms with Crippen molar-refractivity contribution in [2.24, 2.45) is 0 Å². The third-order valence-corrected chi connectivity index (χ3v) is 6.71. The zero-order valence-corrected chi connectivity index (χ0v) is 16.5. The zero-order valence-electron chi connectivity index (χ0n) is 15.7. The molecule has 0 atom stereocenters. The molecule has 4 heteroatoms. The van der Waals surface area contributed by atoms with E-state index in [4.69, 9.17) is 0 Å². The van der Waals surface area contributed by atoms with Gasteiger partial charge in [0.25, 0.3) is 0 Å². The highest BCUT2D eigenvalue weighted by Crippen LogP contribution is 2.41. The second kappa shape index (κ2) is 6.80. The van der Waals surface area contributed by atoms with Crippen LogP contribution in [-0.2, 0) is 9.84 Å². The summed E-state index contributed by atoms with van der Waals surface area (Å²) in [6, 6.07) is 23.2. The number of hydrogen-bond donors (Lipinski definition) is 1. The van der Waals surface area contributed by atoms with Gasteiger partial charge < -0.3 is 5.11 Å². The molecular weight excluding hydrogens is 368 g/mol. The minimum atomic E-state index is -3.82. The number of hydrogen-bond acceptors (Lipinski definition) is 3. The van der Waals surface area contributed by atoms with Crippen molar-refractivity contribution in [3.8, 4) is 16.9 Å². The van der Waals surface area contributed by atoms with E-state index in [0.29, 0.717) is 16.3 Å². The van der Waals surface area contributed by atoms with Crippen LogP contribution < -0.4 is 0 Å². The van der Waals surface area contributed by atoms with Crippen LogP contribution in [0.4, 0.5) is 0 Å². The molecule has 0 fully saturated rings. The molecule has 0 aliphatic rings. The molecule has 0 aliphatic heterocycles. The molecule has 4 aromatic carbocycles. The van der Waals surface area contributed by atoms with Gasteiger partial charge in [0, 0.05) is 17.0 Å². The Kier molecular flexibility index (Phi) is 4.44. The largest absolute Gasteiger partial charge is 0.507 e. The van der Waals surface area contributed by atoms with Crippen molar-refractivity contribution < 1.29 is 13.5 Å². The average Bonchev–Trinajstić information content (AvgIpc) is 2.69. The summed E-state index contributed by atoms with van der Waals surface area (Å²) in [5, 5.41) is 12.0. The Labute approximate surface area is 164 Å². The molecule has 0 aromatic heterocycles. The van der Waals surface area contributed by atoms with Gasteiger partial charge in [0.05, 0.1) is 9.79 Å². The number of phenols is 1.